The Balaban J connectivity index is 1.88. The van der Waals surface area contributed by atoms with Gasteiger partial charge in [-0.15, -0.1) is 0 Å². The van der Waals surface area contributed by atoms with Crippen LogP contribution in [0.4, 0.5) is 0 Å². The fraction of sp³-hybridized carbons (Fsp3) is 0.800. The Labute approximate surface area is 111 Å². The minimum atomic E-state index is 0.516. The van der Waals surface area contributed by atoms with Crippen molar-refractivity contribution in [2.45, 2.75) is 59.4 Å². The number of rotatable bonds is 4. The highest BCUT2D eigenvalue weighted by Gasteiger charge is 2.26. The Morgan fingerprint density at radius 1 is 1.22 bits per heavy atom. The molecule has 0 amide bonds. The minimum absolute atomic E-state index is 0.516. The Hall–Kier alpha value is -0.830. The van der Waals surface area contributed by atoms with Crippen molar-refractivity contribution in [3.63, 3.8) is 0 Å². The van der Waals surface area contributed by atoms with Gasteiger partial charge in [-0.2, -0.15) is 5.10 Å². The van der Waals surface area contributed by atoms with Crippen LogP contribution in [-0.4, -0.2) is 16.3 Å². The van der Waals surface area contributed by atoms with E-state index in [1.807, 2.05) is 11.7 Å². The van der Waals surface area contributed by atoms with Crippen LogP contribution in [0.2, 0.25) is 0 Å². The van der Waals surface area contributed by atoms with Crippen molar-refractivity contribution in [3.8, 4) is 0 Å². The lowest BCUT2D eigenvalue weighted by molar-refractivity contribution is 0.207. The first-order valence-electron chi connectivity index (χ1n) is 7.22. The van der Waals surface area contributed by atoms with Crippen molar-refractivity contribution in [3.05, 3.63) is 17.0 Å². The van der Waals surface area contributed by atoms with Gasteiger partial charge < -0.3 is 5.32 Å². The zero-order valence-corrected chi connectivity index (χ0v) is 12.3. The van der Waals surface area contributed by atoms with Crippen LogP contribution in [0.25, 0.3) is 0 Å². The fourth-order valence-corrected chi connectivity index (χ4v) is 3.14. The van der Waals surface area contributed by atoms with Gasteiger partial charge in [0.05, 0.1) is 5.69 Å². The molecule has 3 heteroatoms. The molecule has 0 unspecified atom stereocenters. The summed E-state index contributed by atoms with van der Waals surface area (Å²) in [5, 5.41) is 8.12. The van der Waals surface area contributed by atoms with Gasteiger partial charge in [0, 0.05) is 31.4 Å². The van der Waals surface area contributed by atoms with Crippen LogP contribution in [0.15, 0.2) is 0 Å². The lowest BCUT2D eigenvalue weighted by Gasteiger charge is -2.33. The second-order valence-corrected chi connectivity index (χ2v) is 6.25. The largest absolute Gasteiger partial charge is 0.312 e. The SMILES string of the molecule is Cc1nn(C)c(C)c1CNCC1(C)CCCCC1. The van der Waals surface area contributed by atoms with Crippen LogP contribution in [0, 0.1) is 19.3 Å². The van der Waals surface area contributed by atoms with Crippen molar-refractivity contribution >= 4 is 0 Å². The number of hydrogen-bond acceptors (Lipinski definition) is 2. The van der Waals surface area contributed by atoms with Crippen molar-refractivity contribution in [2.75, 3.05) is 6.54 Å². The molecule has 1 N–H and O–H groups in total. The number of nitrogens with zero attached hydrogens (tertiary/aromatic N) is 2. The van der Waals surface area contributed by atoms with E-state index in [0.29, 0.717) is 5.41 Å². The average molecular weight is 249 g/mol. The molecule has 3 nitrogen and oxygen atoms in total. The fourth-order valence-electron chi connectivity index (χ4n) is 3.14. The monoisotopic (exact) mass is 249 g/mol. The van der Waals surface area contributed by atoms with Crippen LogP contribution in [0.5, 0.6) is 0 Å². The van der Waals surface area contributed by atoms with E-state index in [9.17, 15) is 0 Å². The lowest BCUT2D eigenvalue weighted by Crippen LogP contribution is -2.33. The van der Waals surface area contributed by atoms with Crippen molar-refractivity contribution in [1.29, 1.82) is 0 Å². The maximum Gasteiger partial charge on any atom is 0.0641 e. The maximum atomic E-state index is 4.47. The molecule has 2 rings (SSSR count). The predicted molar refractivity (Wildman–Crippen MR) is 75.6 cm³/mol. The standard InChI is InChI=1S/C15H27N3/c1-12-14(13(2)18(4)17-12)10-16-11-15(3)8-6-5-7-9-15/h16H,5-11H2,1-4H3. The lowest BCUT2D eigenvalue weighted by atomic mass is 9.76. The summed E-state index contributed by atoms with van der Waals surface area (Å²) in [7, 11) is 2.02. The molecule has 1 aromatic rings. The molecule has 0 radical (unpaired) electrons. The second-order valence-electron chi connectivity index (χ2n) is 6.25. The molecule has 1 aliphatic carbocycles. The van der Waals surface area contributed by atoms with E-state index in [1.165, 1.54) is 43.4 Å². The average Bonchev–Trinajstić information content (AvgIpc) is 2.56. The Morgan fingerprint density at radius 3 is 2.44 bits per heavy atom. The summed E-state index contributed by atoms with van der Waals surface area (Å²) in [5.74, 6) is 0. The van der Waals surface area contributed by atoms with Gasteiger partial charge in [-0.1, -0.05) is 26.2 Å². The molecule has 1 heterocycles. The van der Waals surface area contributed by atoms with E-state index in [1.54, 1.807) is 0 Å². The van der Waals surface area contributed by atoms with Gasteiger partial charge in [-0.3, -0.25) is 4.68 Å². The zero-order chi connectivity index (χ0) is 13.2. The Kier molecular flexibility index (Phi) is 4.10. The van der Waals surface area contributed by atoms with E-state index in [-0.39, 0.29) is 0 Å². The summed E-state index contributed by atoms with van der Waals surface area (Å²) in [6, 6.07) is 0. The van der Waals surface area contributed by atoms with E-state index in [2.05, 4.69) is 31.2 Å². The van der Waals surface area contributed by atoms with E-state index < -0.39 is 0 Å². The first-order valence-corrected chi connectivity index (χ1v) is 7.22. The summed E-state index contributed by atoms with van der Waals surface area (Å²) in [6.45, 7) is 8.79. The van der Waals surface area contributed by atoms with Gasteiger partial charge in [0.25, 0.3) is 0 Å². The normalized spacial score (nSPS) is 19.1. The smallest absolute Gasteiger partial charge is 0.0641 e. The van der Waals surface area contributed by atoms with Crippen LogP contribution in [0.1, 0.15) is 56.0 Å². The summed E-state index contributed by atoms with van der Waals surface area (Å²) in [4.78, 5) is 0. The van der Waals surface area contributed by atoms with Crippen LogP contribution in [-0.2, 0) is 13.6 Å². The van der Waals surface area contributed by atoms with Crippen LogP contribution < -0.4 is 5.32 Å². The third kappa shape index (κ3) is 2.94. The highest BCUT2D eigenvalue weighted by Crippen LogP contribution is 2.35. The summed E-state index contributed by atoms with van der Waals surface area (Å²) in [6.07, 6.45) is 7.00. The summed E-state index contributed by atoms with van der Waals surface area (Å²) < 4.78 is 1.98. The zero-order valence-electron chi connectivity index (χ0n) is 12.3. The molecule has 1 aliphatic rings. The minimum Gasteiger partial charge on any atom is -0.312 e. The quantitative estimate of drug-likeness (QED) is 0.888. The first-order chi connectivity index (χ1) is 8.52. The molecular formula is C15H27N3. The summed E-state index contributed by atoms with van der Waals surface area (Å²) in [5.41, 5.74) is 4.34. The van der Waals surface area contributed by atoms with Gasteiger partial charge in [-0.25, -0.2) is 0 Å². The molecule has 0 aliphatic heterocycles. The third-order valence-corrected chi connectivity index (χ3v) is 4.57. The second kappa shape index (κ2) is 5.43. The number of aromatic nitrogens is 2. The van der Waals surface area contributed by atoms with E-state index in [4.69, 9.17) is 0 Å². The molecule has 0 atom stereocenters. The van der Waals surface area contributed by atoms with Gasteiger partial charge >= 0.3 is 0 Å². The van der Waals surface area contributed by atoms with E-state index in [0.717, 1.165) is 18.8 Å². The van der Waals surface area contributed by atoms with Crippen LogP contribution in [0.3, 0.4) is 0 Å². The summed E-state index contributed by atoms with van der Waals surface area (Å²) >= 11 is 0. The van der Waals surface area contributed by atoms with Crippen LogP contribution >= 0.6 is 0 Å². The molecule has 18 heavy (non-hydrogen) atoms. The Morgan fingerprint density at radius 2 is 1.89 bits per heavy atom. The molecule has 1 fully saturated rings. The molecule has 102 valence electrons. The number of hydrogen-bond donors (Lipinski definition) is 1. The predicted octanol–water partition coefficient (Wildman–Crippen LogP) is 3.10. The Bertz CT molecular complexity index is 400. The van der Waals surface area contributed by atoms with Gasteiger partial charge in [-0.05, 0) is 32.1 Å². The van der Waals surface area contributed by atoms with Gasteiger partial charge in [0.2, 0.25) is 0 Å². The van der Waals surface area contributed by atoms with E-state index >= 15 is 0 Å². The molecule has 1 aromatic heterocycles. The molecule has 1 saturated carbocycles. The maximum absolute atomic E-state index is 4.47. The molecule has 0 aromatic carbocycles. The third-order valence-electron chi connectivity index (χ3n) is 4.57. The number of nitrogens with one attached hydrogen (secondary N) is 1. The van der Waals surface area contributed by atoms with Crippen molar-refractivity contribution in [2.24, 2.45) is 12.5 Å². The first kappa shape index (κ1) is 13.6. The molecule has 0 spiro atoms. The van der Waals surface area contributed by atoms with Gasteiger partial charge in [0.1, 0.15) is 0 Å². The molecular weight excluding hydrogens is 222 g/mol. The van der Waals surface area contributed by atoms with Crippen molar-refractivity contribution in [1.82, 2.24) is 15.1 Å². The molecule has 0 saturated heterocycles. The van der Waals surface area contributed by atoms with Gasteiger partial charge in [0.15, 0.2) is 0 Å². The highest BCUT2D eigenvalue weighted by molar-refractivity contribution is 5.23. The van der Waals surface area contributed by atoms with Crippen molar-refractivity contribution < 1.29 is 0 Å². The molecule has 0 bridgehead atoms. The highest BCUT2D eigenvalue weighted by atomic mass is 15.3. The topological polar surface area (TPSA) is 29.9 Å². The number of aryl methyl sites for hydroxylation is 2.